The van der Waals surface area contributed by atoms with Gasteiger partial charge in [-0.15, -0.1) is 5.10 Å². The van der Waals surface area contributed by atoms with E-state index in [9.17, 15) is 31.1 Å². The van der Waals surface area contributed by atoms with E-state index in [2.05, 4.69) is 32.4 Å². The Morgan fingerprint density at radius 2 is 1.56 bits per heavy atom. The van der Waals surface area contributed by atoms with Gasteiger partial charge in [0, 0.05) is 38.3 Å². The number of fused-ring (bicyclic) bond motifs is 1. The lowest BCUT2D eigenvalue weighted by molar-refractivity contribution is -0.143. The van der Waals surface area contributed by atoms with Gasteiger partial charge in [-0.1, -0.05) is 17.6 Å². The highest BCUT2D eigenvalue weighted by atomic mass is 19.4. The number of tetrazole rings is 1. The first-order chi connectivity index (χ1) is 20.2. The summed E-state index contributed by atoms with van der Waals surface area (Å²) < 4.78 is 81.5. The van der Waals surface area contributed by atoms with Crippen LogP contribution in [0.2, 0.25) is 0 Å². The van der Waals surface area contributed by atoms with Crippen molar-refractivity contribution >= 4 is 17.6 Å². The van der Waals surface area contributed by atoms with Crippen molar-refractivity contribution in [3.63, 3.8) is 0 Å². The quantitative estimate of drug-likeness (QED) is 0.176. The van der Waals surface area contributed by atoms with Crippen LogP contribution >= 0.6 is 0 Å². The van der Waals surface area contributed by atoms with Crippen molar-refractivity contribution in [1.82, 2.24) is 20.2 Å². The average molecular weight is 613 g/mol. The molecule has 3 aromatic rings. The number of halogens is 6. The largest absolute Gasteiger partial charge is 0.481 e. The van der Waals surface area contributed by atoms with Crippen LogP contribution in [0.4, 0.5) is 38.0 Å². The zero-order valence-electron chi connectivity index (χ0n) is 24.0. The summed E-state index contributed by atoms with van der Waals surface area (Å²) in [5.41, 5.74) is 1.15. The Labute approximate surface area is 245 Å². The topological polar surface area (TPSA) is 87.4 Å². The molecule has 2 aromatic carbocycles. The number of hydrogen-bond donors (Lipinski definition) is 1. The summed E-state index contributed by atoms with van der Waals surface area (Å²) in [6.45, 7) is 3.10. The molecule has 0 saturated heterocycles. The number of carboxylic acids is 1. The maximum Gasteiger partial charge on any atom is 0.416 e. The standard InChI is InChI=1S/C29H34F6N6O2/c1-3-40(11-6-4-5-10-26(42)43)25-15-21-9-7-8-20(21)14-22(25)18-41(27-36-38-39(2)37-27)17-19-12-23(28(30,31)32)16-24(13-19)29(33,34)35/h12-16H,3-11,17-18H2,1-2H3,(H,42,43). The van der Waals surface area contributed by atoms with Gasteiger partial charge in [0.05, 0.1) is 18.2 Å². The number of carbonyl (C=O) groups is 1. The number of benzene rings is 2. The molecule has 1 heterocycles. The van der Waals surface area contributed by atoms with E-state index in [1.54, 1.807) is 0 Å². The van der Waals surface area contributed by atoms with E-state index in [-0.39, 0.29) is 37.1 Å². The Bertz CT molecular complexity index is 1390. The molecule has 0 radical (unpaired) electrons. The number of rotatable bonds is 13. The van der Waals surface area contributed by atoms with Gasteiger partial charge in [0.15, 0.2) is 0 Å². The number of alkyl halides is 6. The van der Waals surface area contributed by atoms with E-state index >= 15 is 0 Å². The molecule has 0 unspecified atom stereocenters. The summed E-state index contributed by atoms with van der Waals surface area (Å²) in [5, 5.41) is 21.0. The van der Waals surface area contributed by atoms with E-state index in [4.69, 9.17) is 5.11 Å². The van der Waals surface area contributed by atoms with Gasteiger partial charge in [0.25, 0.3) is 5.95 Å². The fourth-order valence-corrected chi connectivity index (χ4v) is 5.42. The molecular formula is C29H34F6N6O2. The zero-order chi connectivity index (χ0) is 31.4. The van der Waals surface area contributed by atoms with Crippen molar-refractivity contribution < 1.29 is 36.2 Å². The Morgan fingerprint density at radius 3 is 2.12 bits per heavy atom. The Balaban J connectivity index is 1.70. The van der Waals surface area contributed by atoms with Gasteiger partial charge in [0.2, 0.25) is 0 Å². The second-order valence-electron chi connectivity index (χ2n) is 10.7. The summed E-state index contributed by atoms with van der Waals surface area (Å²) in [7, 11) is 1.52. The van der Waals surface area contributed by atoms with Crippen molar-refractivity contribution in [2.75, 3.05) is 22.9 Å². The molecule has 1 aliphatic rings. The van der Waals surface area contributed by atoms with Gasteiger partial charge in [-0.25, -0.2) is 0 Å². The summed E-state index contributed by atoms with van der Waals surface area (Å²) in [4.78, 5) is 15.7. The van der Waals surface area contributed by atoms with Gasteiger partial charge < -0.3 is 14.9 Å². The fraction of sp³-hybridized carbons (Fsp3) is 0.517. The Kier molecular flexibility index (Phi) is 9.86. The number of anilines is 2. The molecule has 0 spiro atoms. The number of hydrogen-bond acceptors (Lipinski definition) is 6. The first-order valence-corrected chi connectivity index (χ1v) is 14.1. The third kappa shape index (κ3) is 8.38. The molecule has 0 bridgehead atoms. The van der Waals surface area contributed by atoms with Crippen molar-refractivity contribution in [2.24, 2.45) is 7.05 Å². The molecule has 1 aromatic heterocycles. The Morgan fingerprint density at radius 1 is 0.907 bits per heavy atom. The van der Waals surface area contributed by atoms with Crippen molar-refractivity contribution in [1.29, 1.82) is 0 Å². The van der Waals surface area contributed by atoms with Crippen LogP contribution in [0.15, 0.2) is 30.3 Å². The molecule has 0 fully saturated rings. The van der Waals surface area contributed by atoms with E-state index in [0.717, 1.165) is 61.1 Å². The zero-order valence-corrected chi connectivity index (χ0v) is 24.0. The van der Waals surface area contributed by atoms with Gasteiger partial charge >= 0.3 is 18.3 Å². The average Bonchev–Trinajstić information content (AvgIpc) is 3.57. The third-order valence-electron chi connectivity index (χ3n) is 7.50. The smallest absolute Gasteiger partial charge is 0.416 e. The van der Waals surface area contributed by atoms with Gasteiger partial charge in [-0.05, 0) is 90.8 Å². The first kappa shape index (κ1) is 32.1. The number of nitrogens with zero attached hydrogens (tertiary/aromatic N) is 6. The molecule has 234 valence electrons. The van der Waals surface area contributed by atoms with Crippen LogP contribution in [-0.2, 0) is 50.1 Å². The maximum absolute atomic E-state index is 13.6. The minimum atomic E-state index is -4.97. The van der Waals surface area contributed by atoms with Gasteiger partial charge in [0.1, 0.15) is 0 Å². The molecule has 0 atom stereocenters. The summed E-state index contributed by atoms with van der Waals surface area (Å²) in [6.07, 6.45) is -5.01. The summed E-state index contributed by atoms with van der Waals surface area (Å²) in [5.74, 6) is -0.772. The number of aryl methyl sites for hydroxylation is 3. The lowest BCUT2D eigenvalue weighted by Crippen LogP contribution is -2.29. The highest BCUT2D eigenvalue weighted by Gasteiger charge is 2.37. The molecular weight excluding hydrogens is 578 g/mol. The molecule has 43 heavy (non-hydrogen) atoms. The van der Waals surface area contributed by atoms with Crippen molar-refractivity contribution in [3.8, 4) is 0 Å². The van der Waals surface area contributed by atoms with Crippen LogP contribution in [0.1, 0.15) is 72.4 Å². The monoisotopic (exact) mass is 612 g/mol. The van der Waals surface area contributed by atoms with Crippen molar-refractivity contribution in [3.05, 3.63) is 63.7 Å². The lowest BCUT2D eigenvalue weighted by Gasteiger charge is -2.29. The molecule has 8 nitrogen and oxygen atoms in total. The number of unbranched alkanes of at least 4 members (excludes halogenated alkanes) is 2. The summed E-state index contributed by atoms with van der Waals surface area (Å²) >= 11 is 0. The van der Waals surface area contributed by atoms with E-state index in [1.165, 1.54) is 22.3 Å². The second-order valence-corrected chi connectivity index (χ2v) is 10.7. The van der Waals surface area contributed by atoms with Gasteiger partial charge in [-0.3, -0.25) is 4.79 Å². The predicted molar refractivity (Wildman–Crippen MR) is 148 cm³/mol. The van der Waals surface area contributed by atoms with Crippen LogP contribution in [0.3, 0.4) is 0 Å². The van der Waals surface area contributed by atoms with E-state index in [0.29, 0.717) is 19.5 Å². The number of aromatic nitrogens is 4. The number of carboxylic acid groups (broad SMARTS) is 1. The van der Waals surface area contributed by atoms with Crippen LogP contribution in [0.5, 0.6) is 0 Å². The highest BCUT2D eigenvalue weighted by molar-refractivity contribution is 5.66. The van der Waals surface area contributed by atoms with Crippen LogP contribution in [-0.4, -0.2) is 44.4 Å². The minimum absolute atomic E-state index is 0.0663. The highest BCUT2D eigenvalue weighted by Crippen LogP contribution is 2.37. The number of aliphatic carboxylic acids is 1. The predicted octanol–water partition coefficient (Wildman–Crippen LogP) is 6.41. The third-order valence-corrected chi connectivity index (χ3v) is 7.50. The normalized spacial score (nSPS) is 13.3. The van der Waals surface area contributed by atoms with E-state index in [1.807, 2.05) is 6.92 Å². The van der Waals surface area contributed by atoms with Crippen LogP contribution in [0.25, 0.3) is 0 Å². The fourth-order valence-electron chi connectivity index (χ4n) is 5.42. The maximum atomic E-state index is 13.6. The van der Waals surface area contributed by atoms with E-state index < -0.39 is 29.4 Å². The molecule has 14 heteroatoms. The van der Waals surface area contributed by atoms with Crippen LogP contribution in [0, 0.1) is 0 Å². The van der Waals surface area contributed by atoms with Crippen LogP contribution < -0.4 is 9.80 Å². The molecule has 1 aliphatic carbocycles. The SMILES string of the molecule is CCN(CCCCCC(=O)O)c1cc2c(cc1CN(Cc1cc(C(F)(F)F)cc(C(F)(F)F)c1)c1nnn(C)n1)CCC2. The minimum Gasteiger partial charge on any atom is -0.481 e. The second kappa shape index (κ2) is 13.2. The molecule has 0 saturated carbocycles. The Hall–Kier alpha value is -3.84. The van der Waals surface area contributed by atoms with Gasteiger partial charge in [-0.2, -0.15) is 31.1 Å². The lowest BCUT2D eigenvalue weighted by atomic mass is 10.0. The molecule has 0 amide bonds. The van der Waals surface area contributed by atoms with Crippen molar-refractivity contribution in [2.45, 2.75) is 77.3 Å². The molecule has 0 aliphatic heterocycles. The summed E-state index contributed by atoms with van der Waals surface area (Å²) in [6, 6.07) is 5.73. The molecule has 1 N–H and O–H groups in total. The molecule has 4 rings (SSSR count). The first-order valence-electron chi connectivity index (χ1n) is 14.1.